The van der Waals surface area contributed by atoms with Crippen LogP contribution >= 0.6 is 0 Å². The van der Waals surface area contributed by atoms with Crippen molar-refractivity contribution in [3.05, 3.63) is 47.3 Å². The number of aliphatic hydroxyl groups excluding tert-OH is 1. The number of methoxy groups -OCH3 is 1. The molecule has 186 valence electrons. The summed E-state index contributed by atoms with van der Waals surface area (Å²) in [7, 11) is 1.69. The van der Waals surface area contributed by atoms with Crippen molar-refractivity contribution in [2.75, 3.05) is 20.3 Å². The molecule has 3 N–H and O–H groups in total. The molecule has 5 rings (SSSR count). The molecule has 3 aliphatic rings. The van der Waals surface area contributed by atoms with E-state index in [9.17, 15) is 5.11 Å². The molecule has 2 aromatic rings. The first-order chi connectivity index (χ1) is 16.3. The molecule has 2 saturated carbocycles. The monoisotopic (exact) mass is 465 g/mol. The number of hydrogen-bond donors (Lipinski definition) is 2. The Bertz CT molecular complexity index is 1000. The van der Waals surface area contributed by atoms with Gasteiger partial charge in [-0.3, -0.25) is 4.68 Å². The molecule has 1 aromatic carbocycles. The molecule has 0 bridgehead atoms. The maximum absolute atomic E-state index is 10.6. The Balaban J connectivity index is 1.41. The number of aromatic nitrogens is 2. The van der Waals surface area contributed by atoms with Crippen LogP contribution in [0.25, 0.3) is 0 Å². The fourth-order valence-corrected chi connectivity index (χ4v) is 8.30. The zero-order valence-corrected chi connectivity index (χ0v) is 21.5. The van der Waals surface area contributed by atoms with Crippen molar-refractivity contribution >= 4 is 0 Å². The average Bonchev–Trinajstić information content (AvgIpc) is 3.37. The summed E-state index contributed by atoms with van der Waals surface area (Å²) >= 11 is 0. The molecule has 0 aliphatic heterocycles. The smallest absolute Gasteiger partial charge is 0.118 e. The van der Waals surface area contributed by atoms with Crippen molar-refractivity contribution in [1.82, 2.24) is 9.78 Å². The summed E-state index contributed by atoms with van der Waals surface area (Å²) in [5.74, 6) is 3.75. The Morgan fingerprint density at radius 3 is 2.53 bits per heavy atom. The van der Waals surface area contributed by atoms with Gasteiger partial charge in [-0.1, -0.05) is 32.9 Å². The third-order valence-electron chi connectivity index (χ3n) is 10.7. The van der Waals surface area contributed by atoms with Crippen LogP contribution in [0.15, 0.2) is 30.5 Å². The van der Waals surface area contributed by atoms with Crippen LogP contribution in [-0.4, -0.2) is 35.1 Å². The summed E-state index contributed by atoms with van der Waals surface area (Å²) in [4.78, 5) is 0. The number of hydrogen-bond acceptors (Lipinski definition) is 4. The highest BCUT2D eigenvalue weighted by atomic mass is 16.5. The molecule has 1 aromatic heterocycles. The third-order valence-corrected chi connectivity index (χ3v) is 10.7. The molecule has 34 heavy (non-hydrogen) atoms. The maximum Gasteiger partial charge on any atom is 0.118 e. The molecule has 2 fully saturated rings. The van der Waals surface area contributed by atoms with Gasteiger partial charge in [0.25, 0.3) is 0 Å². The molecule has 5 heteroatoms. The third kappa shape index (κ3) is 3.71. The summed E-state index contributed by atoms with van der Waals surface area (Å²) in [6.07, 6.45) is 9.18. The van der Waals surface area contributed by atoms with E-state index in [2.05, 4.69) is 43.8 Å². The number of nitrogens with two attached hydrogens (primary N) is 1. The van der Waals surface area contributed by atoms with Gasteiger partial charge in [-0.15, -0.1) is 0 Å². The minimum atomic E-state index is 0.0624. The number of aliphatic hydroxyl groups is 1. The molecule has 0 radical (unpaired) electrons. The van der Waals surface area contributed by atoms with Gasteiger partial charge in [0.1, 0.15) is 5.75 Å². The summed E-state index contributed by atoms with van der Waals surface area (Å²) < 4.78 is 7.45. The van der Waals surface area contributed by atoms with Crippen LogP contribution in [0.1, 0.15) is 63.3 Å². The minimum absolute atomic E-state index is 0.0624. The van der Waals surface area contributed by atoms with Gasteiger partial charge in [-0.05, 0) is 109 Å². The summed E-state index contributed by atoms with van der Waals surface area (Å²) in [5.41, 5.74) is 10.9. The van der Waals surface area contributed by atoms with Crippen molar-refractivity contribution in [3.63, 3.8) is 0 Å². The first-order valence-electron chi connectivity index (χ1n) is 13.3. The number of fused-ring (bicyclic) bond motifs is 2. The zero-order valence-electron chi connectivity index (χ0n) is 21.5. The number of nitrogens with zero attached hydrogens (tertiary/aromatic N) is 2. The highest BCUT2D eigenvalue weighted by molar-refractivity contribution is 5.30. The van der Waals surface area contributed by atoms with Crippen molar-refractivity contribution in [2.45, 2.75) is 65.8 Å². The van der Waals surface area contributed by atoms with Crippen LogP contribution < -0.4 is 10.5 Å². The molecular weight excluding hydrogens is 422 g/mol. The van der Waals surface area contributed by atoms with Gasteiger partial charge in [0.2, 0.25) is 0 Å². The van der Waals surface area contributed by atoms with Gasteiger partial charge < -0.3 is 15.6 Å². The molecule has 0 spiro atoms. The Morgan fingerprint density at radius 1 is 1.12 bits per heavy atom. The lowest BCUT2D eigenvalue weighted by Crippen LogP contribution is -2.53. The maximum atomic E-state index is 10.6. The van der Waals surface area contributed by atoms with Gasteiger partial charge in [0.05, 0.1) is 19.9 Å². The highest BCUT2D eigenvalue weighted by Crippen LogP contribution is 2.63. The molecule has 5 nitrogen and oxygen atoms in total. The van der Waals surface area contributed by atoms with Crippen molar-refractivity contribution in [3.8, 4) is 5.75 Å². The van der Waals surface area contributed by atoms with E-state index in [1.165, 1.54) is 42.5 Å². The van der Waals surface area contributed by atoms with Gasteiger partial charge in [-0.25, -0.2) is 0 Å². The topological polar surface area (TPSA) is 73.3 Å². The van der Waals surface area contributed by atoms with Crippen LogP contribution in [-0.2, 0) is 19.4 Å². The lowest BCUT2D eigenvalue weighted by Gasteiger charge is -2.56. The van der Waals surface area contributed by atoms with Crippen LogP contribution in [0.3, 0.4) is 0 Å². The van der Waals surface area contributed by atoms with E-state index in [0.717, 1.165) is 43.5 Å². The van der Waals surface area contributed by atoms with E-state index in [-0.39, 0.29) is 17.9 Å². The predicted molar refractivity (Wildman–Crippen MR) is 136 cm³/mol. The van der Waals surface area contributed by atoms with Crippen molar-refractivity contribution in [1.29, 1.82) is 0 Å². The van der Waals surface area contributed by atoms with E-state index in [1.807, 2.05) is 12.1 Å². The Hall–Kier alpha value is -1.85. The molecule has 3 aliphatic carbocycles. The summed E-state index contributed by atoms with van der Waals surface area (Å²) in [5, 5.41) is 15.4. The van der Waals surface area contributed by atoms with E-state index in [4.69, 9.17) is 15.6 Å². The summed E-state index contributed by atoms with van der Waals surface area (Å²) in [6.45, 7) is 9.19. The van der Waals surface area contributed by atoms with Crippen LogP contribution in [0.5, 0.6) is 5.75 Å². The second kappa shape index (κ2) is 8.98. The lowest BCUT2D eigenvalue weighted by atomic mass is 9.49. The van der Waals surface area contributed by atoms with Crippen LogP contribution in [0.2, 0.25) is 0 Å². The van der Waals surface area contributed by atoms with Crippen molar-refractivity contribution < 1.29 is 9.84 Å². The molecule has 0 amide bonds. The van der Waals surface area contributed by atoms with Crippen LogP contribution in [0.4, 0.5) is 0 Å². The SMILES string of the molecule is COc1ccc(Cn2ncc3c2C[C@H](CO)[C@](C)([C@H]2CC[C@]4(C)[C@@H](C)CC[C@H]4[C@@H]2CN)C3)cc1. The first kappa shape index (κ1) is 23.9. The first-order valence-corrected chi connectivity index (χ1v) is 13.3. The number of benzene rings is 1. The lowest BCUT2D eigenvalue weighted by molar-refractivity contribution is -0.0692. The van der Waals surface area contributed by atoms with Crippen molar-refractivity contribution in [2.24, 2.45) is 46.2 Å². The highest BCUT2D eigenvalue weighted by Gasteiger charge is 2.57. The minimum Gasteiger partial charge on any atom is -0.497 e. The second-order valence-electron chi connectivity index (χ2n) is 12.0. The predicted octanol–water partition coefficient (Wildman–Crippen LogP) is 4.69. The second-order valence-corrected chi connectivity index (χ2v) is 12.0. The molecule has 7 atom stereocenters. The average molecular weight is 466 g/mol. The van der Waals surface area contributed by atoms with Gasteiger partial charge in [0.15, 0.2) is 0 Å². The van der Waals surface area contributed by atoms with Gasteiger partial charge >= 0.3 is 0 Å². The van der Waals surface area contributed by atoms with Gasteiger partial charge in [-0.2, -0.15) is 5.10 Å². The molecule has 1 heterocycles. The molecule has 0 saturated heterocycles. The Kier molecular flexibility index (Phi) is 6.31. The largest absolute Gasteiger partial charge is 0.497 e. The zero-order chi connectivity index (χ0) is 24.1. The number of rotatable bonds is 6. The van der Waals surface area contributed by atoms with E-state index in [1.54, 1.807) is 7.11 Å². The Morgan fingerprint density at radius 2 is 1.85 bits per heavy atom. The fourth-order valence-electron chi connectivity index (χ4n) is 8.30. The van der Waals surface area contributed by atoms with E-state index in [0.29, 0.717) is 17.3 Å². The molecular formula is C29H43N3O2. The number of ether oxygens (including phenoxy) is 1. The fraction of sp³-hybridized carbons (Fsp3) is 0.690. The Labute approximate surface area is 205 Å². The van der Waals surface area contributed by atoms with Gasteiger partial charge in [0, 0.05) is 12.3 Å². The van der Waals surface area contributed by atoms with Crippen LogP contribution in [0, 0.1) is 40.4 Å². The van der Waals surface area contributed by atoms with E-state index < -0.39 is 0 Å². The van der Waals surface area contributed by atoms with E-state index >= 15 is 0 Å². The normalized spacial score (nSPS) is 37.3. The summed E-state index contributed by atoms with van der Waals surface area (Å²) in [6, 6.07) is 8.23. The standard InChI is InChI=1S/C29H43N3O2/c1-19-5-10-25-24(15-30)26(11-12-28(19,25)2)29(3)14-21-16-31-32(27(21)13-22(29)18-33)17-20-6-8-23(34-4)9-7-20/h6-9,16,19,22,24-26,33H,5,10-15,17-18,30H2,1-4H3/t19-,22+,24-,25-,26-,28+,29+/m0/s1. The quantitative estimate of drug-likeness (QED) is 0.649. The molecule has 0 unspecified atom stereocenters.